The molecule has 0 spiro atoms. The van der Waals surface area contributed by atoms with Gasteiger partial charge in [0.1, 0.15) is 31.1 Å². The molecule has 0 radical (unpaired) electrons. The van der Waals surface area contributed by atoms with Gasteiger partial charge in [-0.15, -0.1) is 0 Å². The van der Waals surface area contributed by atoms with Gasteiger partial charge >= 0.3 is 41.7 Å². The topological polar surface area (TPSA) is 177 Å². The van der Waals surface area contributed by atoms with Crippen LogP contribution in [-0.4, -0.2) is 62.3 Å². The molecule has 2 aromatic rings. The molecular formula is C33H43N2NaO10. The van der Waals surface area contributed by atoms with E-state index in [1.165, 1.54) is 0 Å². The van der Waals surface area contributed by atoms with Gasteiger partial charge < -0.3 is 34.7 Å². The van der Waals surface area contributed by atoms with Crippen molar-refractivity contribution in [1.29, 1.82) is 0 Å². The zero-order chi connectivity index (χ0) is 33.3. The molecule has 246 valence electrons. The third kappa shape index (κ3) is 19.1. The Morgan fingerprint density at radius 2 is 1.24 bits per heavy atom. The van der Waals surface area contributed by atoms with Crippen LogP contribution in [0.1, 0.15) is 63.0 Å². The van der Waals surface area contributed by atoms with E-state index in [0.717, 1.165) is 31.1 Å². The van der Waals surface area contributed by atoms with Crippen molar-refractivity contribution >= 4 is 36.5 Å². The molecule has 2 saturated carbocycles. The van der Waals surface area contributed by atoms with Crippen LogP contribution in [0.15, 0.2) is 60.7 Å². The van der Waals surface area contributed by atoms with Crippen LogP contribution in [0.25, 0.3) is 0 Å². The summed E-state index contributed by atoms with van der Waals surface area (Å²) in [7, 11) is 0.750. The third-order valence-corrected chi connectivity index (χ3v) is 6.70. The van der Waals surface area contributed by atoms with E-state index < -0.39 is 18.1 Å². The number of carbonyl (C=O) groups is 6. The van der Waals surface area contributed by atoms with Gasteiger partial charge in [-0.05, 0) is 43.7 Å². The first-order valence-electron chi connectivity index (χ1n) is 14.7. The Morgan fingerprint density at radius 1 is 0.783 bits per heavy atom. The minimum Gasteiger partial charge on any atom is -0.857 e. The molecule has 0 aromatic heterocycles. The minimum atomic E-state index is -0.594. The molecule has 2 aromatic carbocycles. The van der Waals surface area contributed by atoms with E-state index in [1.807, 2.05) is 60.7 Å². The number of rotatable bonds is 9. The summed E-state index contributed by atoms with van der Waals surface area (Å²) in [6, 6.07) is 18.8. The van der Waals surface area contributed by atoms with Gasteiger partial charge in [0.25, 0.3) is 6.47 Å². The molecule has 2 N–H and O–H groups in total. The predicted octanol–water partition coefficient (Wildman–Crippen LogP) is 0.434. The molecule has 2 aliphatic rings. The fourth-order valence-corrected chi connectivity index (χ4v) is 4.34. The number of Topliss-reactive ketones (excluding diaryl/α,β-unsaturated/α-hetero) is 2. The van der Waals surface area contributed by atoms with Gasteiger partial charge in [-0.25, -0.2) is 9.59 Å². The number of hydrogen-bond donors (Lipinski definition) is 2. The van der Waals surface area contributed by atoms with Crippen LogP contribution in [0, 0.1) is 5.92 Å². The van der Waals surface area contributed by atoms with Crippen LogP contribution in [0.5, 0.6) is 0 Å². The second-order valence-electron chi connectivity index (χ2n) is 9.96. The monoisotopic (exact) mass is 650 g/mol. The summed E-state index contributed by atoms with van der Waals surface area (Å²) in [6.07, 6.45) is 3.55. The molecule has 2 aliphatic carbocycles. The first kappa shape index (κ1) is 42.4. The van der Waals surface area contributed by atoms with Crippen LogP contribution in [0.2, 0.25) is 0 Å². The number of ketones is 2. The number of nitrogens with one attached hydrogen (secondary N) is 2. The van der Waals surface area contributed by atoms with Gasteiger partial charge in [-0.3, -0.25) is 14.4 Å². The number of carbonyl (C=O) groups excluding carboxylic acids is 6. The van der Waals surface area contributed by atoms with Crippen LogP contribution in [0.3, 0.4) is 0 Å². The van der Waals surface area contributed by atoms with E-state index in [4.69, 9.17) is 14.6 Å². The van der Waals surface area contributed by atoms with Crippen molar-refractivity contribution in [3.05, 3.63) is 71.8 Å². The second kappa shape index (κ2) is 26.6. The van der Waals surface area contributed by atoms with Gasteiger partial charge in [0.15, 0.2) is 0 Å². The minimum absolute atomic E-state index is 0. The maximum Gasteiger partial charge on any atom is 1.00 e. The molecule has 0 saturated heterocycles. The average Bonchev–Trinajstić information content (AvgIpc) is 3.07. The number of amides is 2. The summed E-state index contributed by atoms with van der Waals surface area (Å²) >= 11 is 0. The van der Waals surface area contributed by atoms with Crippen molar-refractivity contribution in [2.24, 2.45) is 5.92 Å². The summed E-state index contributed by atoms with van der Waals surface area (Å²) in [4.78, 5) is 65.6. The van der Waals surface area contributed by atoms with Crippen molar-refractivity contribution in [2.45, 2.75) is 77.2 Å². The number of alkyl carbamates (subject to hydrolysis) is 2. The fraction of sp³-hybridized carbons (Fsp3) is 0.455. The molecule has 0 bridgehead atoms. The van der Waals surface area contributed by atoms with E-state index in [-0.39, 0.29) is 66.4 Å². The fourth-order valence-electron chi connectivity index (χ4n) is 4.34. The van der Waals surface area contributed by atoms with E-state index >= 15 is 0 Å². The van der Waals surface area contributed by atoms with Crippen LogP contribution >= 0.6 is 0 Å². The molecule has 0 heterocycles. The van der Waals surface area contributed by atoms with Crippen LogP contribution in [-0.2, 0) is 46.6 Å². The number of benzene rings is 2. The van der Waals surface area contributed by atoms with Crippen molar-refractivity contribution in [1.82, 2.24) is 10.6 Å². The molecule has 2 atom stereocenters. The molecule has 0 aliphatic heterocycles. The van der Waals surface area contributed by atoms with Gasteiger partial charge in [0.2, 0.25) is 0 Å². The van der Waals surface area contributed by atoms with Gasteiger partial charge in [0, 0.05) is 31.3 Å². The van der Waals surface area contributed by atoms with Gasteiger partial charge in [-0.2, -0.15) is 7.11 Å². The summed E-state index contributed by atoms with van der Waals surface area (Å²) in [5.41, 5.74) is 1.87. The van der Waals surface area contributed by atoms with Crippen molar-refractivity contribution in [3.63, 3.8) is 0 Å². The maximum atomic E-state index is 11.7. The van der Waals surface area contributed by atoms with E-state index in [1.54, 1.807) is 6.92 Å². The van der Waals surface area contributed by atoms with Crippen LogP contribution < -0.4 is 45.3 Å². The summed E-state index contributed by atoms with van der Waals surface area (Å²) < 4.78 is 14.4. The predicted molar refractivity (Wildman–Crippen MR) is 163 cm³/mol. The Hall–Kier alpha value is -3.58. The molecule has 4 rings (SSSR count). The maximum absolute atomic E-state index is 11.7. The Balaban J connectivity index is 0.000000723. The van der Waals surface area contributed by atoms with E-state index in [9.17, 15) is 28.8 Å². The summed E-state index contributed by atoms with van der Waals surface area (Å²) in [5, 5.41) is 13.7. The Labute approximate surface area is 292 Å². The first-order chi connectivity index (χ1) is 21.8. The normalized spacial score (nSPS) is 16.8. The van der Waals surface area contributed by atoms with Crippen molar-refractivity contribution < 1.29 is 77.6 Å². The average molecular weight is 651 g/mol. The number of ether oxygens (including phenoxy) is 3. The summed E-state index contributed by atoms with van der Waals surface area (Å²) in [5.74, 6) is -0.357. The standard InChI is InChI=1S/C15H17NO4.C14H17NO3.C3H6O2.CH3O.Na/c17-9-12-8-13(6-7-14(12)18)16-15(19)20-10-11-4-2-1-3-5-11;16-13-8-6-12(7-9-13)15-14(17)18-10-11-4-2-1-3-5-11;1-2-5-3-4;1-2;/h1-5,9,12-13H,6-8,10H2,(H,16,19);1-5,12H,6-10H2,(H,15,17);3H,2H2,1H3;1H3;/q;;;-1;+1. The molecule has 13 heteroatoms. The van der Waals surface area contributed by atoms with E-state index in [0.29, 0.717) is 51.5 Å². The van der Waals surface area contributed by atoms with Gasteiger partial charge in [0.05, 0.1) is 12.5 Å². The molecule has 2 unspecified atom stereocenters. The first-order valence-corrected chi connectivity index (χ1v) is 14.7. The molecule has 2 amide bonds. The summed E-state index contributed by atoms with van der Waals surface area (Å²) in [6.45, 7) is 3.14. The quantitative estimate of drug-likeness (QED) is 0.168. The van der Waals surface area contributed by atoms with Crippen molar-refractivity contribution in [2.75, 3.05) is 13.7 Å². The van der Waals surface area contributed by atoms with Gasteiger partial charge in [-0.1, -0.05) is 60.7 Å². The Kier molecular flexibility index (Phi) is 24.5. The molecular weight excluding hydrogens is 607 g/mol. The molecule has 46 heavy (non-hydrogen) atoms. The second-order valence-corrected chi connectivity index (χ2v) is 9.96. The zero-order valence-electron chi connectivity index (χ0n) is 26.8. The zero-order valence-corrected chi connectivity index (χ0v) is 28.8. The molecule has 2 fully saturated rings. The Morgan fingerprint density at radius 3 is 1.65 bits per heavy atom. The Bertz CT molecular complexity index is 1160. The molecule has 12 nitrogen and oxygen atoms in total. The smallest absolute Gasteiger partial charge is 0.857 e. The van der Waals surface area contributed by atoms with E-state index in [2.05, 4.69) is 15.4 Å². The third-order valence-electron chi connectivity index (χ3n) is 6.70. The number of aldehydes is 1. The van der Waals surface area contributed by atoms with Crippen molar-refractivity contribution in [3.8, 4) is 0 Å². The van der Waals surface area contributed by atoms with Crippen LogP contribution in [0.4, 0.5) is 9.59 Å². The SMILES string of the molecule is CCOC=O.C[O-].O=C1CCC(NC(=O)OCc2ccccc2)CC1.O=CC1CC(NC(=O)OCc2ccccc2)CCC1=O.[Na+]. The largest absolute Gasteiger partial charge is 1.00 e. The number of hydrogen-bond acceptors (Lipinski definition) is 10.